The molecule has 1 amide bonds. The van der Waals surface area contributed by atoms with E-state index >= 15 is 0 Å². The number of nitrogens with one attached hydrogen (secondary N) is 1. The Morgan fingerprint density at radius 1 is 1.42 bits per heavy atom. The van der Waals surface area contributed by atoms with Crippen molar-refractivity contribution < 1.29 is 14.3 Å². The van der Waals surface area contributed by atoms with Crippen LogP contribution in [0.25, 0.3) is 6.08 Å². The number of hydrogen-bond acceptors (Lipinski definition) is 3. The molecule has 0 unspecified atom stereocenters. The molecule has 5 heteroatoms. The van der Waals surface area contributed by atoms with Crippen LogP contribution in [0.1, 0.15) is 18.9 Å². The lowest BCUT2D eigenvalue weighted by Gasteiger charge is -2.02. The molecule has 0 saturated heterocycles. The molecule has 19 heavy (non-hydrogen) atoms. The normalized spacial score (nSPS) is 10.4. The van der Waals surface area contributed by atoms with Gasteiger partial charge in [0.1, 0.15) is 0 Å². The van der Waals surface area contributed by atoms with Crippen LogP contribution in [0.3, 0.4) is 0 Å². The van der Waals surface area contributed by atoms with E-state index < -0.39 is 0 Å². The SMILES string of the molecule is CCOC(=O)CCNC(=O)C=Cc1cccc(Cl)c1. The van der Waals surface area contributed by atoms with Crippen LogP contribution >= 0.6 is 11.6 Å². The zero-order chi connectivity index (χ0) is 14.1. The van der Waals surface area contributed by atoms with E-state index in [9.17, 15) is 9.59 Å². The molecule has 4 nitrogen and oxygen atoms in total. The van der Waals surface area contributed by atoms with E-state index in [0.29, 0.717) is 11.6 Å². The number of benzene rings is 1. The molecule has 0 aliphatic carbocycles. The molecular weight excluding hydrogens is 266 g/mol. The second-order valence-electron chi connectivity index (χ2n) is 3.73. The van der Waals surface area contributed by atoms with Crippen molar-refractivity contribution in [2.45, 2.75) is 13.3 Å². The molecular formula is C14H16ClNO3. The molecule has 0 aliphatic heterocycles. The van der Waals surface area contributed by atoms with E-state index in [4.69, 9.17) is 16.3 Å². The summed E-state index contributed by atoms with van der Waals surface area (Å²) in [6.45, 7) is 2.35. The summed E-state index contributed by atoms with van der Waals surface area (Å²) in [5.74, 6) is -0.578. The largest absolute Gasteiger partial charge is 0.466 e. The summed E-state index contributed by atoms with van der Waals surface area (Å²) in [7, 11) is 0. The summed E-state index contributed by atoms with van der Waals surface area (Å²) in [4.78, 5) is 22.5. The monoisotopic (exact) mass is 281 g/mol. The topological polar surface area (TPSA) is 55.4 Å². The number of esters is 1. The summed E-state index contributed by atoms with van der Waals surface area (Å²) in [5, 5.41) is 3.21. The van der Waals surface area contributed by atoms with Crippen LogP contribution in [-0.4, -0.2) is 25.0 Å². The molecule has 0 heterocycles. The van der Waals surface area contributed by atoms with Gasteiger partial charge in [0.05, 0.1) is 13.0 Å². The number of carbonyl (C=O) groups excluding carboxylic acids is 2. The highest BCUT2D eigenvalue weighted by Gasteiger charge is 2.02. The van der Waals surface area contributed by atoms with Crippen molar-refractivity contribution in [3.8, 4) is 0 Å². The van der Waals surface area contributed by atoms with E-state index in [2.05, 4.69) is 5.32 Å². The smallest absolute Gasteiger partial charge is 0.307 e. The molecule has 0 aliphatic rings. The first-order valence-corrected chi connectivity index (χ1v) is 6.36. The Morgan fingerprint density at radius 3 is 2.89 bits per heavy atom. The average Bonchev–Trinajstić information content (AvgIpc) is 2.37. The predicted molar refractivity (Wildman–Crippen MR) is 74.7 cm³/mol. The van der Waals surface area contributed by atoms with Crippen molar-refractivity contribution >= 4 is 29.6 Å². The van der Waals surface area contributed by atoms with E-state index in [1.54, 1.807) is 31.2 Å². The summed E-state index contributed by atoms with van der Waals surface area (Å²) in [5.41, 5.74) is 0.841. The van der Waals surface area contributed by atoms with Gasteiger partial charge in [-0.25, -0.2) is 0 Å². The fourth-order valence-electron chi connectivity index (χ4n) is 1.36. The first-order chi connectivity index (χ1) is 9.11. The van der Waals surface area contributed by atoms with Crippen LogP contribution in [0, 0.1) is 0 Å². The van der Waals surface area contributed by atoms with Gasteiger partial charge in [-0.05, 0) is 30.7 Å². The van der Waals surface area contributed by atoms with Gasteiger partial charge in [0.25, 0.3) is 0 Å². The van der Waals surface area contributed by atoms with Crippen LogP contribution in [0.5, 0.6) is 0 Å². The molecule has 1 rings (SSSR count). The van der Waals surface area contributed by atoms with E-state index in [1.165, 1.54) is 6.08 Å². The van der Waals surface area contributed by atoms with Gasteiger partial charge in [0, 0.05) is 17.6 Å². The van der Waals surface area contributed by atoms with Crippen LogP contribution < -0.4 is 5.32 Å². The molecule has 0 saturated carbocycles. The number of hydrogen-bond donors (Lipinski definition) is 1. The number of halogens is 1. The van der Waals surface area contributed by atoms with Gasteiger partial charge in [0.2, 0.25) is 5.91 Å². The standard InChI is InChI=1S/C14H16ClNO3/c1-2-19-14(18)8-9-16-13(17)7-6-11-4-3-5-12(15)10-11/h3-7,10H,2,8-9H2,1H3,(H,16,17). The molecule has 0 atom stereocenters. The van der Waals surface area contributed by atoms with Crippen LogP contribution in [0.15, 0.2) is 30.3 Å². The molecule has 0 aromatic heterocycles. The van der Waals surface area contributed by atoms with Gasteiger partial charge in [-0.3, -0.25) is 9.59 Å². The van der Waals surface area contributed by atoms with Crippen molar-refractivity contribution in [2.75, 3.05) is 13.2 Å². The van der Waals surface area contributed by atoms with Gasteiger partial charge in [-0.15, -0.1) is 0 Å². The summed E-state index contributed by atoms with van der Waals surface area (Å²) in [6, 6.07) is 7.16. The predicted octanol–water partition coefficient (Wildman–Crippen LogP) is 2.42. The van der Waals surface area contributed by atoms with Gasteiger partial charge < -0.3 is 10.1 Å². The number of carbonyl (C=O) groups is 2. The van der Waals surface area contributed by atoms with Crippen molar-refractivity contribution in [3.05, 3.63) is 40.9 Å². The van der Waals surface area contributed by atoms with Gasteiger partial charge in [0.15, 0.2) is 0 Å². The molecule has 102 valence electrons. The third-order valence-electron chi connectivity index (χ3n) is 2.21. The quantitative estimate of drug-likeness (QED) is 0.643. The Hall–Kier alpha value is -1.81. The maximum Gasteiger partial charge on any atom is 0.307 e. The third kappa shape index (κ3) is 6.62. The molecule has 1 N–H and O–H groups in total. The number of rotatable bonds is 6. The Kier molecular flexibility index (Phi) is 6.68. The Labute approximate surface area is 117 Å². The highest BCUT2D eigenvalue weighted by molar-refractivity contribution is 6.30. The first-order valence-electron chi connectivity index (χ1n) is 5.99. The number of ether oxygens (including phenoxy) is 1. The Balaban J connectivity index is 2.33. The lowest BCUT2D eigenvalue weighted by Crippen LogP contribution is -2.24. The molecule has 1 aromatic rings. The lowest BCUT2D eigenvalue weighted by atomic mass is 10.2. The van der Waals surface area contributed by atoms with Crippen LogP contribution in [0.4, 0.5) is 0 Å². The van der Waals surface area contributed by atoms with E-state index in [-0.39, 0.29) is 24.8 Å². The molecule has 1 aromatic carbocycles. The third-order valence-corrected chi connectivity index (χ3v) is 2.44. The van der Waals surface area contributed by atoms with E-state index in [0.717, 1.165) is 5.56 Å². The maximum absolute atomic E-state index is 11.5. The molecule has 0 spiro atoms. The zero-order valence-corrected chi connectivity index (χ0v) is 11.4. The van der Waals surface area contributed by atoms with Crippen molar-refractivity contribution in [1.82, 2.24) is 5.32 Å². The molecule has 0 radical (unpaired) electrons. The first kappa shape index (κ1) is 15.2. The second-order valence-corrected chi connectivity index (χ2v) is 4.17. The van der Waals surface area contributed by atoms with Crippen molar-refractivity contribution in [1.29, 1.82) is 0 Å². The van der Waals surface area contributed by atoms with E-state index in [1.807, 2.05) is 6.07 Å². The van der Waals surface area contributed by atoms with Gasteiger partial charge in [-0.1, -0.05) is 23.7 Å². The maximum atomic E-state index is 11.5. The lowest BCUT2D eigenvalue weighted by molar-refractivity contribution is -0.142. The van der Waals surface area contributed by atoms with Crippen LogP contribution in [-0.2, 0) is 14.3 Å². The fourth-order valence-corrected chi connectivity index (χ4v) is 1.56. The van der Waals surface area contributed by atoms with Crippen molar-refractivity contribution in [2.24, 2.45) is 0 Å². The minimum atomic E-state index is -0.318. The summed E-state index contributed by atoms with van der Waals surface area (Å²) >= 11 is 5.82. The molecule has 0 fully saturated rings. The highest BCUT2D eigenvalue weighted by atomic mass is 35.5. The average molecular weight is 282 g/mol. The summed E-state index contributed by atoms with van der Waals surface area (Å²) < 4.78 is 4.74. The Bertz CT molecular complexity index is 472. The summed E-state index contributed by atoms with van der Waals surface area (Å²) in [6.07, 6.45) is 3.23. The zero-order valence-electron chi connectivity index (χ0n) is 10.7. The minimum absolute atomic E-state index is 0.171. The van der Waals surface area contributed by atoms with Gasteiger partial charge in [-0.2, -0.15) is 0 Å². The van der Waals surface area contributed by atoms with Gasteiger partial charge >= 0.3 is 5.97 Å². The highest BCUT2D eigenvalue weighted by Crippen LogP contribution is 2.11. The van der Waals surface area contributed by atoms with Crippen molar-refractivity contribution in [3.63, 3.8) is 0 Å². The second kappa shape index (κ2) is 8.32. The van der Waals surface area contributed by atoms with Crippen LogP contribution in [0.2, 0.25) is 5.02 Å². The minimum Gasteiger partial charge on any atom is -0.466 e. The number of amides is 1. The fraction of sp³-hybridized carbons (Fsp3) is 0.286. The Morgan fingerprint density at radius 2 is 2.21 bits per heavy atom. The molecule has 0 bridgehead atoms.